The molecule has 6 rings (SSSR count). The van der Waals surface area contributed by atoms with Crippen molar-refractivity contribution in [1.29, 1.82) is 0 Å². The topological polar surface area (TPSA) is 83.8 Å². The first-order valence-electron chi connectivity index (χ1n) is 11.5. The summed E-state index contributed by atoms with van der Waals surface area (Å²) in [5.74, 6) is 0.690. The summed E-state index contributed by atoms with van der Waals surface area (Å²) in [7, 11) is 3.84. The minimum Gasteiger partial charge on any atom is -0.379 e. The fourth-order valence-corrected chi connectivity index (χ4v) is 5.30. The average molecular weight is 489 g/mol. The minimum absolute atomic E-state index is 0.277. The average Bonchev–Trinajstić information content (AvgIpc) is 3.49. The Balaban J connectivity index is 1.42. The molecular formula is C25H25FN8S. The number of nitrogens with one attached hydrogen (secondary N) is 2. The number of aromatic nitrogens is 5. The van der Waals surface area contributed by atoms with Gasteiger partial charge in [-0.1, -0.05) is 0 Å². The standard InChI is InChI=1S/C25H25FN8S/c1-33-7-5-20(18(26)12-33)31-23-11-17-22(10-16(23)19-6-8-34(2)32-19)27-13-28-25(17)30-15-3-4-21-24(9-15)35-14-29-21/h3-4,6,8-11,13-14,18,20,31H,5,7,12H2,1-2H3,(H,27,28,30)/t18-,20-/m1/s1. The van der Waals surface area contributed by atoms with Gasteiger partial charge in [0.1, 0.15) is 18.3 Å². The van der Waals surface area contributed by atoms with E-state index < -0.39 is 6.17 Å². The molecule has 0 bridgehead atoms. The van der Waals surface area contributed by atoms with E-state index in [2.05, 4.69) is 36.8 Å². The van der Waals surface area contributed by atoms with Gasteiger partial charge in [-0.15, -0.1) is 11.3 Å². The Hall–Kier alpha value is -3.63. The highest BCUT2D eigenvalue weighted by Crippen LogP contribution is 2.35. The smallest absolute Gasteiger partial charge is 0.141 e. The molecular weight excluding hydrogens is 463 g/mol. The molecule has 0 aliphatic carbocycles. The molecule has 2 atom stereocenters. The van der Waals surface area contributed by atoms with Crippen molar-refractivity contribution in [3.8, 4) is 11.3 Å². The number of thiazole rings is 1. The zero-order chi connectivity index (χ0) is 23.9. The largest absolute Gasteiger partial charge is 0.379 e. The van der Waals surface area contributed by atoms with Gasteiger partial charge in [0, 0.05) is 48.7 Å². The Kier molecular flexibility index (Phi) is 5.54. The lowest BCUT2D eigenvalue weighted by Gasteiger charge is -2.33. The number of hydrogen-bond donors (Lipinski definition) is 2. The molecule has 1 aliphatic rings. The predicted octanol–water partition coefficient (Wildman–Crippen LogP) is 4.84. The molecule has 0 spiro atoms. The molecule has 1 aliphatic heterocycles. The lowest BCUT2D eigenvalue weighted by Crippen LogP contribution is -2.46. The Morgan fingerprint density at radius 3 is 2.80 bits per heavy atom. The van der Waals surface area contributed by atoms with E-state index in [1.165, 1.54) is 0 Å². The molecule has 0 unspecified atom stereocenters. The summed E-state index contributed by atoms with van der Waals surface area (Å²) in [6.45, 7) is 1.26. The zero-order valence-corrected chi connectivity index (χ0v) is 20.3. The SMILES string of the molecule is CN1CC[C@@H](Nc2cc3c(Nc4ccc5ncsc5c4)ncnc3cc2-c2ccn(C)n2)[C@H](F)C1. The van der Waals surface area contributed by atoms with E-state index in [1.807, 2.05) is 61.0 Å². The third-order valence-corrected chi connectivity index (χ3v) is 7.24. The van der Waals surface area contributed by atoms with Gasteiger partial charge in [0.25, 0.3) is 0 Å². The number of alkyl halides is 1. The quantitative estimate of drug-likeness (QED) is 0.366. The molecule has 2 N–H and O–H groups in total. The zero-order valence-electron chi connectivity index (χ0n) is 19.4. The Morgan fingerprint density at radius 1 is 1.06 bits per heavy atom. The number of rotatable bonds is 5. The van der Waals surface area contributed by atoms with Crippen molar-refractivity contribution in [1.82, 2.24) is 29.6 Å². The van der Waals surface area contributed by atoms with Crippen molar-refractivity contribution >= 4 is 49.6 Å². The molecule has 5 aromatic rings. The van der Waals surface area contributed by atoms with Gasteiger partial charge in [-0.3, -0.25) is 4.68 Å². The van der Waals surface area contributed by atoms with Gasteiger partial charge in [-0.2, -0.15) is 5.10 Å². The molecule has 8 nitrogen and oxygen atoms in total. The van der Waals surface area contributed by atoms with Crippen LogP contribution in [0.15, 0.2) is 54.4 Å². The van der Waals surface area contributed by atoms with Crippen LogP contribution in [0.3, 0.4) is 0 Å². The number of piperidine rings is 1. The number of nitrogens with zero attached hydrogens (tertiary/aromatic N) is 6. The van der Waals surface area contributed by atoms with E-state index in [9.17, 15) is 4.39 Å². The number of hydrogen-bond acceptors (Lipinski definition) is 8. The number of aryl methyl sites for hydroxylation is 1. The van der Waals surface area contributed by atoms with Crippen LogP contribution in [-0.2, 0) is 7.05 Å². The summed E-state index contributed by atoms with van der Waals surface area (Å²) in [6.07, 6.45) is 3.22. The van der Waals surface area contributed by atoms with Crippen LogP contribution in [0.4, 0.5) is 21.6 Å². The van der Waals surface area contributed by atoms with E-state index in [-0.39, 0.29) is 6.04 Å². The molecule has 2 aromatic carbocycles. The maximum Gasteiger partial charge on any atom is 0.141 e. The summed E-state index contributed by atoms with van der Waals surface area (Å²) in [4.78, 5) is 15.4. The Bertz CT molecular complexity index is 1510. The first-order chi connectivity index (χ1) is 17.0. The van der Waals surface area contributed by atoms with Gasteiger partial charge in [-0.05, 0) is 49.9 Å². The van der Waals surface area contributed by atoms with Crippen molar-refractivity contribution in [3.63, 3.8) is 0 Å². The van der Waals surface area contributed by atoms with E-state index in [0.29, 0.717) is 12.4 Å². The van der Waals surface area contributed by atoms with Crippen LogP contribution >= 0.6 is 11.3 Å². The minimum atomic E-state index is -0.961. The van der Waals surface area contributed by atoms with Crippen LogP contribution in [0.25, 0.3) is 32.4 Å². The highest BCUT2D eigenvalue weighted by Gasteiger charge is 2.28. The molecule has 4 heterocycles. The molecule has 1 saturated heterocycles. The van der Waals surface area contributed by atoms with Crippen molar-refractivity contribution < 1.29 is 4.39 Å². The van der Waals surface area contributed by atoms with E-state index in [0.717, 1.165) is 56.7 Å². The Labute approximate surface area is 205 Å². The lowest BCUT2D eigenvalue weighted by molar-refractivity contribution is 0.149. The highest BCUT2D eigenvalue weighted by molar-refractivity contribution is 7.16. The van der Waals surface area contributed by atoms with Crippen LogP contribution < -0.4 is 10.6 Å². The fourth-order valence-electron chi connectivity index (χ4n) is 4.58. The van der Waals surface area contributed by atoms with Crippen LogP contribution in [0.5, 0.6) is 0 Å². The van der Waals surface area contributed by atoms with Gasteiger partial charge in [-0.25, -0.2) is 19.3 Å². The van der Waals surface area contributed by atoms with Crippen molar-refractivity contribution in [3.05, 3.63) is 54.4 Å². The maximum atomic E-state index is 14.9. The predicted molar refractivity (Wildman–Crippen MR) is 139 cm³/mol. The molecule has 1 fully saturated rings. The third-order valence-electron chi connectivity index (χ3n) is 6.44. The van der Waals surface area contributed by atoms with E-state index in [4.69, 9.17) is 0 Å². The number of likely N-dealkylation sites (tertiary alicyclic amines) is 1. The summed E-state index contributed by atoms with van der Waals surface area (Å²) in [6, 6.07) is 11.7. The van der Waals surface area contributed by atoms with Crippen LogP contribution in [-0.4, -0.2) is 62.0 Å². The van der Waals surface area contributed by atoms with E-state index in [1.54, 1.807) is 22.3 Å². The molecule has 35 heavy (non-hydrogen) atoms. The number of fused-ring (bicyclic) bond motifs is 2. The van der Waals surface area contributed by atoms with Crippen molar-refractivity contribution in [2.45, 2.75) is 18.6 Å². The molecule has 10 heteroatoms. The first kappa shape index (κ1) is 21.9. The first-order valence-corrected chi connectivity index (χ1v) is 12.4. The molecule has 0 radical (unpaired) electrons. The molecule has 3 aromatic heterocycles. The van der Waals surface area contributed by atoms with Crippen LogP contribution in [0.2, 0.25) is 0 Å². The fraction of sp³-hybridized carbons (Fsp3) is 0.280. The summed E-state index contributed by atoms with van der Waals surface area (Å²) in [5.41, 5.74) is 7.04. The van der Waals surface area contributed by atoms with Crippen molar-refractivity contribution in [2.75, 3.05) is 30.8 Å². The summed E-state index contributed by atoms with van der Waals surface area (Å²) >= 11 is 1.60. The number of benzene rings is 2. The monoisotopic (exact) mass is 488 g/mol. The second-order valence-electron chi connectivity index (χ2n) is 8.99. The van der Waals surface area contributed by atoms with Gasteiger partial charge in [0.2, 0.25) is 0 Å². The summed E-state index contributed by atoms with van der Waals surface area (Å²) < 4.78 is 17.8. The molecule has 0 saturated carbocycles. The van der Waals surface area contributed by atoms with Gasteiger partial charge >= 0.3 is 0 Å². The van der Waals surface area contributed by atoms with Gasteiger partial charge in [0.05, 0.1) is 33.0 Å². The molecule has 0 amide bonds. The van der Waals surface area contributed by atoms with E-state index >= 15 is 0 Å². The van der Waals surface area contributed by atoms with Gasteiger partial charge < -0.3 is 15.5 Å². The third kappa shape index (κ3) is 4.30. The van der Waals surface area contributed by atoms with Crippen LogP contribution in [0, 0.1) is 0 Å². The lowest BCUT2D eigenvalue weighted by atomic mass is 10.0. The van der Waals surface area contributed by atoms with Crippen molar-refractivity contribution in [2.24, 2.45) is 7.05 Å². The normalized spacial score (nSPS) is 18.8. The number of halogens is 1. The van der Waals surface area contributed by atoms with Gasteiger partial charge in [0.15, 0.2) is 0 Å². The number of anilines is 3. The second-order valence-corrected chi connectivity index (χ2v) is 9.88. The highest BCUT2D eigenvalue weighted by atomic mass is 32.1. The second kappa shape index (κ2) is 8.86. The Morgan fingerprint density at radius 2 is 1.97 bits per heavy atom. The maximum absolute atomic E-state index is 14.9. The summed E-state index contributed by atoms with van der Waals surface area (Å²) in [5, 5.41) is 12.4. The molecule has 178 valence electrons. The van der Waals surface area contributed by atoms with Crippen LogP contribution in [0.1, 0.15) is 6.42 Å².